The quantitative estimate of drug-likeness (QED) is 0.305. The maximum absolute atomic E-state index is 6.35. The Morgan fingerprint density at radius 1 is 0.852 bits per heavy atom. The van der Waals surface area contributed by atoms with Crippen molar-refractivity contribution in [3.8, 4) is 0 Å². The summed E-state index contributed by atoms with van der Waals surface area (Å²) in [5.74, 6) is 1.02. The zero-order valence-electron chi connectivity index (χ0n) is 14.5. The molecule has 1 aliphatic rings. The minimum absolute atomic E-state index is 0.126. The first-order chi connectivity index (χ1) is 13.3. The van der Waals surface area contributed by atoms with Gasteiger partial charge in [0.1, 0.15) is 11.3 Å². The van der Waals surface area contributed by atoms with Crippen LogP contribution in [-0.4, -0.2) is 4.57 Å². The van der Waals surface area contributed by atoms with Crippen LogP contribution >= 0.6 is 11.6 Å². The van der Waals surface area contributed by atoms with E-state index in [0.717, 1.165) is 33.7 Å². The number of hydrogen-bond acceptors (Lipinski definition) is 1. The van der Waals surface area contributed by atoms with Crippen molar-refractivity contribution < 1.29 is 4.42 Å². The normalized spacial score (nSPS) is 16.4. The lowest BCUT2D eigenvalue weighted by Crippen LogP contribution is -2.12. The highest BCUT2D eigenvalue weighted by Crippen LogP contribution is 2.42. The van der Waals surface area contributed by atoms with E-state index >= 15 is 0 Å². The summed E-state index contributed by atoms with van der Waals surface area (Å²) in [6.45, 7) is 0. The van der Waals surface area contributed by atoms with Gasteiger partial charge < -0.3 is 8.98 Å². The molecular formula is C24H16ClNO. The van der Waals surface area contributed by atoms with Crippen molar-refractivity contribution in [3.05, 3.63) is 89.2 Å². The summed E-state index contributed by atoms with van der Waals surface area (Å²) < 4.78 is 8.78. The number of hydrogen-bond donors (Lipinski definition) is 0. The number of para-hydroxylation sites is 2. The van der Waals surface area contributed by atoms with Gasteiger partial charge in [0.2, 0.25) is 0 Å². The average molecular weight is 370 g/mol. The highest BCUT2D eigenvalue weighted by atomic mass is 35.5. The van der Waals surface area contributed by atoms with Crippen molar-refractivity contribution in [2.75, 3.05) is 0 Å². The standard InChI is InChI=1S/C24H16ClNO/c25-15-12-13-23-19(14-15)18-8-5-11-22(24(18)27-23)26-20-9-3-1-6-16(20)17-7-2-4-10-21(17)26/h1-10,12-14,22H,11H2. The van der Waals surface area contributed by atoms with E-state index in [4.69, 9.17) is 16.0 Å². The van der Waals surface area contributed by atoms with Crippen molar-refractivity contribution >= 4 is 50.5 Å². The van der Waals surface area contributed by atoms with Gasteiger partial charge in [-0.3, -0.25) is 0 Å². The molecule has 0 amide bonds. The van der Waals surface area contributed by atoms with E-state index in [0.29, 0.717) is 0 Å². The number of aromatic nitrogens is 1. The molecule has 1 atom stereocenters. The number of rotatable bonds is 1. The molecule has 0 bridgehead atoms. The molecule has 2 heterocycles. The molecule has 0 fully saturated rings. The Morgan fingerprint density at radius 3 is 2.30 bits per heavy atom. The number of fused-ring (bicyclic) bond motifs is 6. The third-order valence-electron chi connectivity index (χ3n) is 5.59. The van der Waals surface area contributed by atoms with Gasteiger partial charge in [0.25, 0.3) is 0 Å². The van der Waals surface area contributed by atoms with Crippen LogP contribution in [0, 0.1) is 0 Å². The van der Waals surface area contributed by atoms with Gasteiger partial charge in [-0.2, -0.15) is 0 Å². The summed E-state index contributed by atoms with van der Waals surface area (Å²) >= 11 is 6.24. The fourth-order valence-corrected chi connectivity index (χ4v) is 4.63. The second-order valence-electron chi connectivity index (χ2n) is 7.08. The van der Waals surface area contributed by atoms with E-state index in [1.807, 2.05) is 18.2 Å². The van der Waals surface area contributed by atoms with Crippen molar-refractivity contribution in [1.82, 2.24) is 4.57 Å². The second-order valence-corrected chi connectivity index (χ2v) is 7.52. The third kappa shape index (κ3) is 2.08. The Morgan fingerprint density at radius 2 is 1.56 bits per heavy atom. The first kappa shape index (κ1) is 15.1. The SMILES string of the molecule is Clc1ccc2oc3c(c2c1)C=CCC3n1c2ccccc2c2ccccc21. The molecular weight excluding hydrogens is 354 g/mol. The van der Waals surface area contributed by atoms with E-state index in [2.05, 4.69) is 65.3 Å². The van der Waals surface area contributed by atoms with Gasteiger partial charge in [-0.15, -0.1) is 0 Å². The topological polar surface area (TPSA) is 18.1 Å². The Bertz CT molecular complexity index is 1320. The fraction of sp³-hybridized carbons (Fsp3) is 0.0833. The van der Waals surface area contributed by atoms with E-state index in [1.54, 1.807) is 0 Å². The number of furan rings is 1. The second kappa shape index (κ2) is 5.51. The largest absolute Gasteiger partial charge is 0.458 e. The molecule has 0 N–H and O–H groups in total. The van der Waals surface area contributed by atoms with Crippen LogP contribution in [0.4, 0.5) is 0 Å². The maximum atomic E-state index is 6.35. The minimum Gasteiger partial charge on any atom is -0.458 e. The van der Waals surface area contributed by atoms with Crippen LogP contribution in [0.15, 0.2) is 77.2 Å². The molecule has 130 valence electrons. The fourth-order valence-electron chi connectivity index (χ4n) is 4.46. The lowest BCUT2D eigenvalue weighted by atomic mass is 9.97. The Hall–Kier alpha value is -2.97. The van der Waals surface area contributed by atoms with Crippen LogP contribution in [0.5, 0.6) is 0 Å². The van der Waals surface area contributed by atoms with Crippen molar-refractivity contribution in [2.45, 2.75) is 12.5 Å². The summed E-state index contributed by atoms with van der Waals surface area (Å²) in [5, 5.41) is 4.38. The third-order valence-corrected chi connectivity index (χ3v) is 5.83. The molecule has 6 rings (SSSR count). The molecule has 1 aliphatic carbocycles. The maximum Gasteiger partial charge on any atom is 0.135 e. The lowest BCUT2D eigenvalue weighted by molar-refractivity contribution is 0.461. The van der Waals surface area contributed by atoms with Gasteiger partial charge in [0.05, 0.1) is 6.04 Å². The molecule has 0 saturated heterocycles. The van der Waals surface area contributed by atoms with E-state index < -0.39 is 0 Å². The van der Waals surface area contributed by atoms with E-state index in [9.17, 15) is 0 Å². The summed E-state index contributed by atoms with van der Waals surface area (Å²) in [5.41, 5.74) is 4.51. The van der Waals surface area contributed by atoms with Crippen LogP contribution in [0.3, 0.4) is 0 Å². The molecule has 3 heteroatoms. The smallest absolute Gasteiger partial charge is 0.135 e. The van der Waals surface area contributed by atoms with Gasteiger partial charge in [-0.25, -0.2) is 0 Å². The summed E-state index contributed by atoms with van der Waals surface area (Å²) in [6.07, 6.45) is 5.32. The predicted octanol–water partition coefficient (Wildman–Crippen LogP) is 7.20. The van der Waals surface area contributed by atoms with Gasteiger partial charge >= 0.3 is 0 Å². The number of benzene rings is 3. The number of halogens is 1. The summed E-state index contributed by atoms with van der Waals surface area (Å²) in [6, 6.07) is 23.2. The van der Waals surface area contributed by atoms with E-state index in [-0.39, 0.29) is 6.04 Å². The Balaban J connectivity index is 1.70. The molecule has 2 nitrogen and oxygen atoms in total. The van der Waals surface area contributed by atoms with Gasteiger partial charge in [-0.05, 0) is 36.8 Å². The monoisotopic (exact) mass is 369 g/mol. The van der Waals surface area contributed by atoms with Crippen LogP contribution in [-0.2, 0) is 0 Å². The zero-order chi connectivity index (χ0) is 18.0. The zero-order valence-corrected chi connectivity index (χ0v) is 15.3. The molecule has 0 radical (unpaired) electrons. The molecule has 3 aromatic carbocycles. The van der Waals surface area contributed by atoms with Crippen molar-refractivity contribution in [1.29, 1.82) is 0 Å². The summed E-state index contributed by atoms with van der Waals surface area (Å²) in [4.78, 5) is 0. The van der Waals surface area contributed by atoms with Crippen molar-refractivity contribution in [2.24, 2.45) is 0 Å². The molecule has 5 aromatic rings. The molecule has 27 heavy (non-hydrogen) atoms. The lowest BCUT2D eigenvalue weighted by Gasteiger charge is -2.21. The van der Waals surface area contributed by atoms with Gasteiger partial charge in [-0.1, -0.05) is 60.2 Å². The van der Waals surface area contributed by atoms with Gasteiger partial charge in [0, 0.05) is 37.8 Å². The number of nitrogens with zero attached hydrogens (tertiary/aromatic N) is 1. The Kier molecular flexibility index (Phi) is 3.09. The van der Waals surface area contributed by atoms with Crippen LogP contribution in [0.25, 0.3) is 38.9 Å². The average Bonchev–Trinajstić information content (AvgIpc) is 3.24. The molecule has 0 aliphatic heterocycles. The van der Waals surface area contributed by atoms with Crippen molar-refractivity contribution in [3.63, 3.8) is 0 Å². The van der Waals surface area contributed by atoms with Crippen LogP contribution in [0.2, 0.25) is 5.02 Å². The molecule has 0 saturated carbocycles. The molecule has 2 aromatic heterocycles. The van der Waals surface area contributed by atoms with Crippen LogP contribution in [0.1, 0.15) is 23.8 Å². The highest BCUT2D eigenvalue weighted by molar-refractivity contribution is 6.31. The van der Waals surface area contributed by atoms with Crippen LogP contribution < -0.4 is 0 Å². The predicted molar refractivity (Wildman–Crippen MR) is 112 cm³/mol. The summed E-state index contributed by atoms with van der Waals surface area (Å²) in [7, 11) is 0. The molecule has 0 spiro atoms. The Labute approximate surface area is 161 Å². The molecule has 1 unspecified atom stereocenters. The number of allylic oxidation sites excluding steroid dienone is 1. The minimum atomic E-state index is 0.126. The highest BCUT2D eigenvalue weighted by Gasteiger charge is 2.27. The first-order valence-corrected chi connectivity index (χ1v) is 9.55. The van der Waals surface area contributed by atoms with E-state index in [1.165, 1.54) is 21.8 Å². The van der Waals surface area contributed by atoms with Gasteiger partial charge in [0.15, 0.2) is 0 Å². The first-order valence-electron chi connectivity index (χ1n) is 9.17.